The summed E-state index contributed by atoms with van der Waals surface area (Å²) < 4.78 is 0.157. The van der Waals surface area contributed by atoms with Crippen LogP contribution in [0.2, 0.25) is 0 Å². The van der Waals surface area contributed by atoms with E-state index in [1.54, 1.807) is 0 Å². The van der Waals surface area contributed by atoms with Crippen molar-refractivity contribution in [3.05, 3.63) is 29.3 Å². The summed E-state index contributed by atoms with van der Waals surface area (Å²) >= 11 is 1.85. The minimum Gasteiger partial charge on any atom is -0.384 e. The van der Waals surface area contributed by atoms with Gasteiger partial charge in [-0.3, -0.25) is 4.79 Å². The molecule has 0 unspecified atom stereocenters. The number of nitrogens with one attached hydrogen (secondary N) is 2. The summed E-state index contributed by atoms with van der Waals surface area (Å²) in [5.41, 5.74) is 3.17. The summed E-state index contributed by atoms with van der Waals surface area (Å²) in [6, 6.07) is 5.96. The Hall–Kier alpha value is -1.16. The van der Waals surface area contributed by atoms with E-state index in [1.807, 2.05) is 23.9 Å². The van der Waals surface area contributed by atoms with Crippen molar-refractivity contribution in [1.29, 1.82) is 0 Å². The zero-order valence-electron chi connectivity index (χ0n) is 12.6. The van der Waals surface area contributed by atoms with E-state index < -0.39 is 0 Å². The highest BCUT2D eigenvalue weighted by Crippen LogP contribution is 2.29. The number of hydrogen-bond acceptors (Lipinski definition) is 3. The van der Waals surface area contributed by atoms with E-state index in [4.69, 9.17) is 0 Å². The van der Waals surface area contributed by atoms with E-state index in [0.29, 0.717) is 0 Å². The van der Waals surface area contributed by atoms with Crippen molar-refractivity contribution >= 4 is 23.4 Å². The van der Waals surface area contributed by atoms with Crippen LogP contribution in [0.4, 0.5) is 5.69 Å². The molecule has 1 aromatic carbocycles. The molecule has 0 saturated heterocycles. The first-order chi connectivity index (χ1) is 9.64. The van der Waals surface area contributed by atoms with Crippen molar-refractivity contribution in [2.75, 3.05) is 24.7 Å². The van der Waals surface area contributed by atoms with Gasteiger partial charge in [0.2, 0.25) is 0 Å². The fraction of sp³-hybridized carbons (Fsp3) is 0.562. The molecule has 3 nitrogen and oxygen atoms in total. The van der Waals surface area contributed by atoms with E-state index >= 15 is 0 Å². The van der Waals surface area contributed by atoms with Gasteiger partial charge in [0.15, 0.2) is 0 Å². The molecule has 2 rings (SSSR count). The van der Waals surface area contributed by atoms with Gasteiger partial charge in [-0.05, 0) is 43.2 Å². The second kappa shape index (κ2) is 6.53. The van der Waals surface area contributed by atoms with Crippen LogP contribution in [0, 0.1) is 0 Å². The number of fused-ring (bicyclic) bond motifs is 1. The molecule has 4 heteroatoms. The average molecular weight is 292 g/mol. The Bertz CT molecular complexity index is 475. The van der Waals surface area contributed by atoms with Crippen LogP contribution >= 0.6 is 11.8 Å². The van der Waals surface area contributed by atoms with Crippen LogP contribution < -0.4 is 10.6 Å². The van der Waals surface area contributed by atoms with E-state index in [1.165, 1.54) is 5.56 Å². The molecule has 0 fully saturated rings. The SMILES string of the molecule is CCC(CC)(CNC(=O)c1ccc2c(c1)NCC2)SC. The van der Waals surface area contributed by atoms with Crippen LogP contribution in [-0.2, 0) is 6.42 Å². The third-order valence-corrected chi connectivity index (χ3v) is 5.96. The van der Waals surface area contributed by atoms with Gasteiger partial charge >= 0.3 is 0 Å². The molecule has 0 spiro atoms. The highest BCUT2D eigenvalue weighted by Gasteiger charge is 2.25. The number of rotatable bonds is 6. The molecule has 0 bridgehead atoms. The lowest BCUT2D eigenvalue weighted by Gasteiger charge is -2.29. The molecular weight excluding hydrogens is 268 g/mol. The van der Waals surface area contributed by atoms with Crippen molar-refractivity contribution in [3.8, 4) is 0 Å². The highest BCUT2D eigenvalue weighted by molar-refractivity contribution is 8.00. The molecule has 0 radical (unpaired) electrons. The molecule has 20 heavy (non-hydrogen) atoms. The van der Waals surface area contributed by atoms with Crippen molar-refractivity contribution < 1.29 is 4.79 Å². The number of thioether (sulfide) groups is 1. The first-order valence-electron chi connectivity index (χ1n) is 7.34. The monoisotopic (exact) mass is 292 g/mol. The molecule has 0 aliphatic carbocycles. The van der Waals surface area contributed by atoms with E-state index in [2.05, 4.69) is 36.8 Å². The number of anilines is 1. The van der Waals surface area contributed by atoms with E-state index in [-0.39, 0.29) is 10.7 Å². The van der Waals surface area contributed by atoms with Gasteiger partial charge in [-0.25, -0.2) is 0 Å². The normalized spacial score (nSPS) is 13.8. The second-order valence-corrected chi connectivity index (χ2v) is 6.60. The molecule has 0 saturated carbocycles. The molecule has 0 atom stereocenters. The zero-order chi connectivity index (χ0) is 14.6. The number of benzene rings is 1. The number of amides is 1. The number of carbonyl (C=O) groups is 1. The second-order valence-electron chi connectivity index (χ2n) is 5.33. The highest BCUT2D eigenvalue weighted by atomic mass is 32.2. The predicted octanol–water partition coefficient (Wildman–Crippen LogP) is 3.31. The maximum atomic E-state index is 12.3. The van der Waals surface area contributed by atoms with Crippen LogP contribution in [0.25, 0.3) is 0 Å². The van der Waals surface area contributed by atoms with Crippen LogP contribution in [0.5, 0.6) is 0 Å². The molecule has 1 amide bonds. The van der Waals surface area contributed by atoms with Gasteiger partial charge in [0, 0.05) is 29.1 Å². The van der Waals surface area contributed by atoms with Gasteiger partial charge in [0.1, 0.15) is 0 Å². The van der Waals surface area contributed by atoms with Crippen LogP contribution in [0.3, 0.4) is 0 Å². The molecule has 2 N–H and O–H groups in total. The van der Waals surface area contributed by atoms with Gasteiger partial charge in [0.05, 0.1) is 0 Å². The number of hydrogen-bond donors (Lipinski definition) is 2. The summed E-state index contributed by atoms with van der Waals surface area (Å²) in [6.45, 7) is 6.07. The smallest absolute Gasteiger partial charge is 0.251 e. The Morgan fingerprint density at radius 2 is 2.15 bits per heavy atom. The van der Waals surface area contributed by atoms with Crippen molar-refractivity contribution in [3.63, 3.8) is 0 Å². The minimum absolute atomic E-state index is 0.0295. The predicted molar refractivity (Wildman–Crippen MR) is 87.8 cm³/mol. The summed E-state index contributed by atoms with van der Waals surface area (Å²) in [7, 11) is 0. The van der Waals surface area contributed by atoms with Crippen LogP contribution in [0.1, 0.15) is 42.6 Å². The molecular formula is C16H24N2OS. The van der Waals surface area contributed by atoms with E-state index in [9.17, 15) is 4.79 Å². The third kappa shape index (κ3) is 3.11. The Morgan fingerprint density at radius 1 is 1.40 bits per heavy atom. The van der Waals surface area contributed by atoms with E-state index in [0.717, 1.165) is 43.6 Å². The molecule has 110 valence electrons. The maximum Gasteiger partial charge on any atom is 0.251 e. The summed E-state index contributed by atoms with van der Waals surface area (Å²) in [5, 5.41) is 6.41. The standard InChI is InChI=1S/C16H24N2OS/c1-4-16(5-2,20-3)11-18-15(19)13-7-6-12-8-9-17-14(12)10-13/h6-7,10,17H,4-5,8-9,11H2,1-3H3,(H,18,19). The van der Waals surface area contributed by atoms with Gasteiger partial charge in [-0.1, -0.05) is 19.9 Å². The summed E-state index contributed by atoms with van der Waals surface area (Å²) in [6.07, 6.45) is 5.31. The van der Waals surface area contributed by atoms with Gasteiger partial charge in [0.25, 0.3) is 5.91 Å². The largest absolute Gasteiger partial charge is 0.384 e. The average Bonchev–Trinajstić information content (AvgIpc) is 2.96. The van der Waals surface area contributed by atoms with Gasteiger partial charge < -0.3 is 10.6 Å². The third-order valence-electron chi connectivity index (χ3n) is 4.37. The van der Waals surface area contributed by atoms with Gasteiger partial charge in [-0.15, -0.1) is 0 Å². The van der Waals surface area contributed by atoms with Crippen LogP contribution in [-0.4, -0.2) is 30.0 Å². The Kier molecular flexibility index (Phi) is 4.97. The molecule has 1 heterocycles. The Labute approximate surface area is 125 Å². The minimum atomic E-state index is 0.0295. The molecule has 1 aliphatic rings. The molecule has 1 aromatic rings. The lowest BCUT2D eigenvalue weighted by atomic mass is 10.0. The van der Waals surface area contributed by atoms with Gasteiger partial charge in [-0.2, -0.15) is 11.8 Å². The lowest BCUT2D eigenvalue weighted by molar-refractivity contribution is 0.0949. The van der Waals surface area contributed by atoms with Crippen molar-refractivity contribution in [1.82, 2.24) is 5.32 Å². The quantitative estimate of drug-likeness (QED) is 0.845. The fourth-order valence-corrected chi connectivity index (χ4v) is 3.43. The maximum absolute atomic E-state index is 12.3. The lowest BCUT2D eigenvalue weighted by Crippen LogP contribution is -2.39. The summed E-state index contributed by atoms with van der Waals surface area (Å²) in [5.74, 6) is 0.0295. The Morgan fingerprint density at radius 3 is 2.80 bits per heavy atom. The number of carbonyl (C=O) groups excluding carboxylic acids is 1. The van der Waals surface area contributed by atoms with Crippen molar-refractivity contribution in [2.24, 2.45) is 0 Å². The Balaban J connectivity index is 2.02. The summed E-state index contributed by atoms with van der Waals surface area (Å²) in [4.78, 5) is 12.3. The topological polar surface area (TPSA) is 41.1 Å². The molecule has 0 aromatic heterocycles. The first kappa shape index (κ1) is 15.2. The first-order valence-corrected chi connectivity index (χ1v) is 8.56. The molecule has 1 aliphatic heterocycles. The van der Waals surface area contributed by atoms with Crippen molar-refractivity contribution in [2.45, 2.75) is 37.9 Å². The fourth-order valence-electron chi connectivity index (χ4n) is 2.64. The van der Waals surface area contributed by atoms with Crippen LogP contribution in [0.15, 0.2) is 18.2 Å². The zero-order valence-corrected chi connectivity index (χ0v) is 13.4.